The second-order valence-corrected chi connectivity index (χ2v) is 9.35. The molecule has 0 aliphatic carbocycles. The van der Waals surface area contributed by atoms with E-state index in [1.165, 1.54) is 16.1 Å². The van der Waals surface area contributed by atoms with Crippen LogP contribution >= 0.6 is 11.3 Å². The molecule has 0 unspecified atom stereocenters. The number of rotatable bonds is 6. The summed E-state index contributed by atoms with van der Waals surface area (Å²) < 4.78 is 0. The van der Waals surface area contributed by atoms with Gasteiger partial charge in [-0.2, -0.15) is 0 Å². The first-order valence-corrected chi connectivity index (χ1v) is 11.4. The fourth-order valence-corrected chi connectivity index (χ4v) is 5.12. The first-order chi connectivity index (χ1) is 14.0. The van der Waals surface area contributed by atoms with Crippen LogP contribution in [-0.2, 0) is 13.0 Å². The first-order valence-electron chi connectivity index (χ1n) is 10.6. The minimum Gasteiger partial charge on any atom is -0.369 e. The van der Waals surface area contributed by atoms with Gasteiger partial charge in [0, 0.05) is 36.7 Å². The van der Waals surface area contributed by atoms with Crippen LogP contribution in [0.25, 0.3) is 10.2 Å². The Labute approximate surface area is 176 Å². The van der Waals surface area contributed by atoms with Crippen molar-refractivity contribution < 1.29 is 0 Å². The molecule has 1 fully saturated rings. The Morgan fingerprint density at radius 3 is 2.59 bits per heavy atom. The summed E-state index contributed by atoms with van der Waals surface area (Å²) in [7, 11) is 0. The molecule has 6 heteroatoms. The molecule has 0 amide bonds. The van der Waals surface area contributed by atoms with Crippen LogP contribution in [0.2, 0.25) is 0 Å². The molecule has 0 radical (unpaired) electrons. The molecule has 4 rings (SSSR count). The van der Waals surface area contributed by atoms with Gasteiger partial charge in [-0.3, -0.25) is 9.69 Å². The number of nitrogens with zero attached hydrogens (tertiary/aromatic N) is 3. The minimum atomic E-state index is 0.0237. The van der Waals surface area contributed by atoms with E-state index in [4.69, 9.17) is 4.98 Å². The summed E-state index contributed by atoms with van der Waals surface area (Å²) in [6.07, 6.45) is 2.07. The highest BCUT2D eigenvalue weighted by atomic mass is 32.1. The van der Waals surface area contributed by atoms with Crippen LogP contribution in [0.4, 0.5) is 5.69 Å². The van der Waals surface area contributed by atoms with Crippen molar-refractivity contribution in [2.45, 2.75) is 40.2 Å². The number of aromatic amines is 1. The molecular weight excluding hydrogens is 380 g/mol. The molecule has 29 heavy (non-hydrogen) atoms. The predicted octanol–water partition coefficient (Wildman–Crippen LogP) is 4.20. The lowest BCUT2D eigenvalue weighted by molar-refractivity contribution is 0.244. The zero-order chi connectivity index (χ0) is 20.4. The van der Waals surface area contributed by atoms with E-state index in [1.54, 1.807) is 11.3 Å². The normalized spacial score (nSPS) is 16.4. The van der Waals surface area contributed by atoms with Gasteiger partial charge in [-0.05, 0) is 37.0 Å². The Morgan fingerprint density at radius 1 is 1.17 bits per heavy atom. The van der Waals surface area contributed by atoms with Gasteiger partial charge in [-0.1, -0.05) is 38.5 Å². The summed E-state index contributed by atoms with van der Waals surface area (Å²) in [4.78, 5) is 27.7. The molecule has 1 aliphatic rings. The van der Waals surface area contributed by atoms with E-state index in [-0.39, 0.29) is 5.56 Å². The van der Waals surface area contributed by atoms with Gasteiger partial charge in [0.05, 0.1) is 11.9 Å². The second kappa shape index (κ2) is 8.67. The number of piperazine rings is 1. The van der Waals surface area contributed by atoms with Crippen molar-refractivity contribution in [1.82, 2.24) is 14.9 Å². The first kappa shape index (κ1) is 20.1. The monoisotopic (exact) mass is 410 g/mol. The summed E-state index contributed by atoms with van der Waals surface area (Å²) >= 11 is 1.66. The molecule has 1 aromatic carbocycles. The molecule has 0 spiro atoms. The van der Waals surface area contributed by atoms with Crippen molar-refractivity contribution in [2.24, 2.45) is 5.92 Å². The third-order valence-electron chi connectivity index (χ3n) is 6.03. The van der Waals surface area contributed by atoms with Gasteiger partial charge >= 0.3 is 0 Å². The molecule has 0 saturated carbocycles. The van der Waals surface area contributed by atoms with Crippen molar-refractivity contribution in [1.29, 1.82) is 0 Å². The Morgan fingerprint density at radius 2 is 1.90 bits per heavy atom. The second-order valence-electron chi connectivity index (χ2n) is 8.15. The quantitative estimate of drug-likeness (QED) is 0.662. The van der Waals surface area contributed by atoms with Crippen molar-refractivity contribution >= 4 is 27.2 Å². The summed E-state index contributed by atoms with van der Waals surface area (Å²) in [5, 5.41) is 0.811. The number of hydrogen-bond acceptors (Lipinski definition) is 5. The van der Waals surface area contributed by atoms with Crippen LogP contribution in [-0.4, -0.2) is 41.0 Å². The molecule has 1 saturated heterocycles. The maximum atomic E-state index is 12.9. The van der Waals surface area contributed by atoms with Crippen LogP contribution in [0.5, 0.6) is 0 Å². The molecule has 154 valence electrons. The zero-order valence-electron chi connectivity index (χ0n) is 17.6. The Bertz CT molecular complexity index is 1020. The molecule has 2 aromatic heterocycles. The lowest BCUT2D eigenvalue weighted by atomic mass is 9.98. The molecular formula is C23H30N4OS. The Kier molecular flexibility index (Phi) is 6.01. The third-order valence-corrected chi connectivity index (χ3v) is 7.07. The topological polar surface area (TPSA) is 52.2 Å². The van der Waals surface area contributed by atoms with E-state index in [1.807, 2.05) is 0 Å². The Hall–Kier alpha value is -2.18. The highest BCUT2D eigenvalue weighted by Crippen LogP contribution is 2.29. The highest BCUT2D eigenvalue weighted by molar-refractivity contribution is 7.18. The van der Waals surface area contributed by atoms with Crippen molar-refractivity contribution in [3.05, 3.63) is 57.0 Å². The molecule has 3 aromatic rings. The van der Waals surface area contributed by atoms with Crippen molar-refractivity contribution in [2.75, 3.05) is 31.1 Å². The maximum absolute atomic E-state index is 12.9. The number of H-pyrrole nitrogens is 1. The van der Waals surface area contributed by atoms with Gasteiger partial charge < -0.3 is 9.88 Å². The number of nitrogens with one attached hydrogen (secondary N) is 1. The van der Waals surface area contributed by atoms with E-state index < -0.39 is 0 Å². The van der Waals surface area contributed by atoms with Gasteiger partial charge in [0.2, 0.25) is 0 Å². The van der Waals surface area contributed by atoms with E-state index >= 15 is 0 Å². The van der Waals surface area contributed by atoms with Gasteiger partial charge in [-0.25, -0.2) is 4.98 Å². The molecule has 1 N–H and O–H groups in total. The fourth-order valence-electron chi connectivity index (χ4n) is 4.05. The number of fused-ring (bicyclic) bond motifs is 1. The average molecular weight is 411 g/mol. The molecule has 1 aliphatic heterocycles. The van der Waals surface area contributed by atoms with Crippen LogP contribution in [0.1, 0.15) is 36.5 Å². The summed E-state index contributed by atoms with van der Waals surface area (Å²) in [5.41, 5.74) is 2.50. The fraction of sp³-hybridized carbons (Fsp3) is 0.478. The molecule has 5 nitrogen and oxygen atoms in total. The third kappa shape index (κ3) is 4.38. The number of hydrogen-bond donors (Lipinski definition) is 1. The number of aryl methyl sites for hydroxylation is 1. The molecule has 3 heterocycles. The number of para-hydroxylation sites is 1. The number of thiophene rings is 1. The Balaban J connectivity index is 1.47. The van der Waals surface area contributed by atoms with E-state index in [0.717, 1.165) is 55.1 Å². The number of anilines is 1. The van der Waals surface area contributed by atoms with Gasteiger partial charge in [0.25, 0.3) is 5.56 Å². The van der Waals surface area contributed by atoms with Gasteiger partial charge in [0.1, 0.15) is 10.7 Å². The minimum absolute atomic E-state index is 0.0237. The highest BCUT2D eigenvalue weighted by Gasteiger charge is 2.20. The number of aromatic nitrogens is 2. The molecule has 1 atom stereocenters. The largest absolute Gasteiger partial charge is 0.369 e. The van der Waals surface area contributed by atoms with Crippen LogP contribution in [0.15, 0.2) is 35.1 Å². The van der Waals surface area contributed by atoms with E-state index in [0.29, 0.717) is 12.5 Å². The summed E-state index contributed by atoms with van der Waals surface area (Å²) in [6.45, 7) is 11.2. The smallest absolute Gasteiger partial charge is 0.259 e. The van der Waals surface area contributed by atoms with Crippen LogP contribution < -0.4 is 10.5 Å². The predicted molar refractivity (Wildman–Crippen MR) is 122 cm³/mol. The zero-order valence-corrected chi connectivity index (χ0v) is 18.4. The van der Waals surface area contributed by atoms with E-state index in [2.05, 4.69) is 65.9 Å². The van der Waals surface area contributed by atoms with Crippen molar-refractivity contribution in [3.8, 4) is 0 Å². The maximum Gasteiger partial charge on any atom is 0.259 e. The lowest BCUT2D eigenvalue weighted by Crippen LogP contribution is -2.46. The molecule has 0 bridgehead atoms. The SMILES string of the molecule is CC[C@@H](C)Cc1c(C)sc2nc(CN3CCN(c4ccccc4)CC3)[nH]c(=O)c12. The lowest BCUT2D eigenvalue weighted by Gasteiger charge is -2.35. The van der Waals surface area contributed by atoms with Gasteiger partial charge in [0.15, 0.2) is 0 Å². The summed E-state index contributed by atoms with van der Waals surface area (Å²) in [6, 6.07) is 10.6. The van der Waals surface area contributed by atoms with Gasteiger partial charge in [-0.15, -0.1) is 11.3 Å². The van der Waals surface area contributed by atoms with Crippen LogP contribution in [0.3, 0.4) is 0 Å². The van der Waals surface area contributed by atoms with Crippen molar-refractivity contribution in [3.63, 3.8) is 0 Å². The summed E-state index contributed by atoms with van der Waals surface area (Å²) in [5.74, 6) is 1.36. The number of benzene rings is 1. The average Bonchev–Trinajstić information content (AvgIpc) is 3.04. The van der Waals surface area contributed by atoms with E-state index in [9.17, 15) is 4.79 Å². The standard InChI is InChI=1S/C23H30N4OS/c1-4-16(2)14-19-17(3)29-23-21(19)22(28)24-20(25-23)15-26-10-12-27(13-11-26)18-8-6-5-7-9-18/h5-9,16H,4,10-15H2,1-3H3,(H,24,25,28)/t16-/m1/s1. The van der Waals surface area contributed by atoms with Crippen LogP contribution in [0, 0.1) is 12.8 Å².